The monoisotopic (exact) mass is 336 g/mol. The lowest BCUT2D eigenvalue weighted by atomic mass is 10.1. The normalized spacial score (nSPS) is 10.9. The number of carbonyl (C=O) groups excluding carboxylic acids is 2. The fraction of sp³-hybridized carbons (Fsp3) is 0.412. The number of nitrogens with two attached hydrogens (primary N) is 1. The van der Waals surface area contributed by atoms with E-state index in [-0.39, 0.29) is 18.3 Å². The van der Waals surface area contributed by atoms with Gasteiger partial charge in [0.05, 0.1) is 21.3 Å². The topological polar surface area (TPSA) is 99.9 Å². The molecule has 0 fully saturated rings. The zero-order valence-corrected chi connectivity index (χ0v) is 14.5. The minimum atomic E-state index is -0.297. The molecule has 0 saturated heterocycles. The Morgan fingerprint density at radius 2 is 1.79 bits per heavy atom. The summed E-state index contributed by atoms with van der Waals surface area (Å²) < 4.78 is 14.9. The highest BCUT2D eigenvalue weighted by Gasteiger charge is 2.10. The summed E-state index contributed by atoms with van der Waals surface area (Å²) in [5.41, 5.74) is 7.61. The molecular weight excluding hydrogens is 312 g/mol. The largest absolute Gasteiger partial charge is 0.493 e. The zero-order valence-electron chi connectivity index (χ0n) is 14.5. The number of ether oxygens (including phenoxy) is 3. The van der Waals surface area contributed by atoms with Crippen LogP contribution in [0.25, 0.3) is 6.08 Å². The highest BCUT2D eigenvalue weighted by atomic mass is 16.5. The highest BCUT2D eigenvalue weighted by molar-refractivity contribution is 5.98. The lowest BCUT2D eigenvalue weighted by molar-refractivity contribution is -0.140. The van der Waals surface area contributed by atoms with E-state index in [1.165, 1.54) is 21.3 Å². The Hall–Kier alpha value is -2.70. The number of amides is 1. The van der Waals surface area contributed by atoms with Gasteiger partial charge >= 0.3 is 5.97 Å². The average Bonchev–Trinajstić information content (AvgIpc) is 2.59. The summed E-state index contributed by atoms with van der Waals surface area (Å²) in [4.78, 5) is 23.1. The Labute approximate surface area is 141 Å². The first-order valence-electron chi connectivity index (χ1n) is 7.47. The van der Waals surface area contributed by atoms with Crippen LogP contribution in [0.4, 0.5) is 5.69 Å². The van der Waals surface area contributed by atoms with Crippen molar-refractivity contribution >= 4 is 23.6 Å². The minimum absolute atomic E-state index is 0.228. The van der Waals surface area contributed by atoms with Gasteiger partial charge < -0.3 is 25.3 Å². The molecule has 0 spiro atoms. The number of hydrogen-bond donors (Lipinski definition) is 2. The molecule has 1 amide bonds. The van der Waals surface area contributed by atoms with Crippen molar-refractivity contribution < 1.29 is 23.8 Å². The Balaban J connectivity index is 2.74. The van der Waals surface area contributed by atoms with Crippen molar-refractivity contribution in [2.24, 2.45) is 0 Å². The van der Waals surface area contributed by atoms with Crippen molar-refractivity contribution in [2.75, 3.05) is 33.6 Å². The Bertz CT molecular complexity index is 626. The quantitative estimate of drug-likeness (QED) is 0.325. The van der Waals surface area contributed by atoms with Crippen LogP contribution >= 0.6 is 0 Å². The number of rotatable bonds is 8. The molecule has 1 aromatic carbocycles. The van der Waals surface area contributed by atoms with Crippen molar-refractivity contribution in [1.82, 2.24) is 5.32 Å². The summed E-state index contributed by atoms with van der Waals surface area (Å²) >= 11 is 0. The van der Waals surface area contributed by atoms with Gasteiger partial charge in [-0.2, -0.15) is 0 Å². The van der Waals surface area contributed by atoms with Gasteiger partial charge in [0, 0.05) is 35.9 Å². The third-order valence-corrected chi connectivity index (χ3v) is 3.39. The number of carbonyl (C=O) groups is 2. The fourth-order valence-corrected chi connectivity index (χ4v) is 2.01. The lowest BCUT2D eigenvalue weighted by Crippen LogP contribution is -2.25. The maximum atomic E-state index is 12.1. The molecule has 0 radical (unpaired) electrons. The van der Waals surface area contributed by atoms with Gasteiger partial charge in [0.25, 0.3) is 0 Å². The van der Waals surface area contributed by atoms with Crippen LogP contribution in [0.3, 0.4) is 0 Å². The van der Waals surface area contributed by atoms with Gasteiger partial charge in [0.2, 0.25) is 5.91 Å². The van der Waals surface area contributed by atoms with Crippen molar-refractivity contribution in [3.63, 3.8) is 0 Å². The smallest absolute Gasteiger partial charge is 0.305 e. The van der Waals surface area contributed by atoms with Crippen LogP contribution in [0.5, 0.6) is 11.5 Å². The fourth-order valence-electron chi connectivity index (χ4n) is 2.01. The van der Waals surface area contributed by atoms with Gasteiger partial charge in [-0.3, -0.25) is 9.59 Å². The van der Waals surface area contributed by atoms with Crippen molar-refractivity contribution in [3.05, 3.63) is 23.3 Å². The van der Waals surface area contributed by atoms with E-state index in [2.05, 4.69) is 10.1 Å². The molecule has 0 heterocycles. The van der Waals surface area contributed by atoms with Crippen LogP contribution in [-0.2, 0) is 14.3 Å². The van der Waals surface area contributed by atoms with Crippen molar-refractivity contribution in [1.29, 1.82) is 0 Å². The van der Waals surface area contributed by atoms with Gasteiger partial charge in [0.15, 0.2) is 11.5 Å². The number of anilines is 1. The summed E-state index contributed by atoms with van der Waals surface area (Å²) in [5.74, 6) is 0.532. The molecule has 0 aromatic heterocycles. The van der Waals surface area contributed by atoms with Gasteiger partial charge in [-0.15, -0.1) is 0 Å². The highest BCUT2D eigenvalue weighted by Crippen LogP contribution is 2.32. The van der Waals surface area contributed by atoms with Crippen LogP contribution < -0.4 is 20.5 Å². The van der Waals surface area contributed by atoms with Crippen LogP contribution in [0.15, 0.2) is 17.7 Å². The van der Waals surface area contributed by atoms with E-state index < -0.39 is 0 Å². The zero-order chi connectivity index (χ0) is 18.1. The average molecular weight is 336 g/mol. The molecular formula is C17H24N2O5. The van der Waals surface area contributed by atoms with Crippen LogP contribution in [0.2, 0.25) is 0 Å². The van der Waals surface area contributed by atoms with Crippen LogP contribution in [-0.4, -0.2) is 39.8 Å². The SMILES string of the molecule is COC(=O)CCCNC(=O)C(C)=Cc1cc(OC)c(OC)cc1N. The number of nitrogen functional groups attached to an aromatic ring is 1. The first-order chi connectivity index (χ1) is 11.4. The summed E-state index contributed by atoms with van der Waals surface area (Å²) in [6.45, 7) is 2.08. The van der Waals surface area contributed by atoms with E-state index in [0.29, 0.717) is 41.3 Å². The third kappa shape index (κ3) is 5.49. The van der Waals surface area contributed by atoms with E-state index in [4.69, 9.17) is 15.2 Å². The Kier molecular flexibility index (Phi) is 7.61. The summed E-state index contributed by atoms with van der Waals surface area (Å²) in [5, 5.41) is 2.74. The molecule has 0 aliphatic carbocycles. The first kappa shape index (κ1) is 19.3. The predicted octanol–water partition coefficient (Wildman–Crippen LogP) is 1.76. The van der Waals surface area contributed by atoms with E-state index in [1.807, 2.05) is 0 Å². The number of nitrogens with one attached hydrogen (secondary N) is 1. The van der Waals surface area contributed by atoms with E-state index in [1.54, 1.807) is 25.1 Å². The van der Waals surface area contributed by atoms with E-state index >= 15 is 0 Å². The number of hydrogen-bond acceptors (Lipinski definition) is 6. The minimum Gasteiger partial charge on any atom is -0.493 e. The second kappa shape index (κ2) is 9.44. The second-order valence-electron chi connectivity index (χ2n) is 5.10. The Morgan fingerprint density at radius 3 is 2.38 bits per heavy atom. The molecule has 132 valence electrons. The molecule has 24 heavy (non-hydrogen) atoms. The summed E-state index contributed by atoms with van der Waals surface area (Å²) in [6, 6.07) is 3.36. The molecule has 7 heteroatoms. The van der Waals surface area contributed by atoms with E-state index in [0.717, 1.165) is 0 Å². The van der Waals surface area contributed by atoms with Gasteiger partial charge in [-0.05, 0) is 25.5 Å². The van der Waals surface area contributed by atoms with Gasteiger partial charge in [0.1, 0.15) is 0 Å². The predicted molar refractivity (Wildman–Crippen MR) is 91.9 cm³/mol. The molecule has 0 saturated carbocycles. The number of methoxy groups -OCH3 is 3. The summed E-state index contributed by atoms with van der Waals surface area (Å²) in [7, 11) is 4.39. The molecule has 1 rings (SSSR count). The molecule has 0 aliphatic rings. The molecule has 3 N–H and O–H groups in total. The van der Waals surface area contributed by atoms with Crippen LogP contribution in [0.1, 0.15) is 25.3 Å². The van der Waals surface area contributed by atoms with Gasteiger partial charge in [-0.1, -0.05) is 0 Å². The van der Waals surface area contributed by atoms with Crippen molar-refractivity contribution in [3.8, 4) is 11.5 Å². The molecule has 0 atom stereocenters. The lowest BCUT2D eigenvalue weighted by Gasteiger charge is -2.11. The van der Waals surface area contributed by atoms with Crippen molar-refractivity contribution in [2.45, 2.75) is 19.8 Å². The van der Waals surface area contributed by atoms with Crippen LogP contribution in [0, 0.1) is 0 Å². The number of benzene rings is 1. The molecule has 0 aliphatic heterocycles. The van der Waals surface area contributed by atoms with E-state index in [9.17, 15) is 9.59 Å². The third-order valence-electron chi connectivity index (χ3n) is 3.39. The molecule has 7 nitrogen and oxygen atoms in total. The second-order valence-corrected chi connectivity index (χ2v) is 5.10. The Morgan fingerprint density at radius 1 is 1.17 bits per heavy atom. The summed E-state index contributed by atoms with van der Waals surface area (Å²) in [6.07, 6.45) is 2.46. The van der Waals surface area contributed by atoms with Gasteiger partial charge in [-0.25, -0.2) is 0 Å². The number of esters is 1. The molecule has 0 bridgehead atoms. The first-order valence-corrected chi connectivity index (χ1v) is 7.47. The standard InChI is InChI=1S/C17H24N2O5/c1-11(17(21)19-7-5-6-16(20)24-4)8-12-9-14(22-2)15(23-3)10-13(12)18/h8-10H,5-7,18H2,1-4H3,(H,19,21). The molecule has 1 aromatic rings. The molecule has 0 unspecified atom stereocenters. The maximum absolute atomic E-state index is 12.1. The maximum Gasteiger partial charge on any atom is 0.305 e.